The van der Waals surface area contributed by atoms with Crippen molar-refractivity contribution >= 4 is 11.8 Å². The van der Waals surface area contributed by atoms with Crippen LogP contribution in [0.5, 0.6) is 5.75 Å². The Bertz CT molecular complexity index is 879. The van der Waals surface area contributed by atoms with Gasteiger partial charge in [0, 0.05) is 25.2 Å². The minimum Gasteiger partial charge on any atom is -0.494 e. The van der Waals surface area contributed by atoms with Crippen molar-refractivity contribution in [2.45, 2.75) is 25.7 Å². The van der Waals surface area contributed by atoms with Crippen LogP contribution in [0.25, 0.3) is 11.3 Å². The highest BCUT2D eigenvalue weighted by Gasteiger charge is 2.31. The van der Waals surface area contributed by atoms with Crippen LogP contribution in [0.1, 0.15) is 36.0 Å². The van der Waals surface area contributed by atoms with Gasteiger partial charge in [-0.05, 0) is 62.9 Å². The number of rotatable bonds is 6. The molecule has 0 amide bonds. The van der Waals surface area contributed by atoms with Crippen molar-refractivity contribution in [3.05, 3.63) is 29.6 Å². The van der Waals surface area contributed by atoms with Crippen molar-refractivity contribution < 1.29 is 23.6 Å². The number of hydrogen-bond donors (Lipinski definition) is 1. The summed E-state index contributed by atoms with van der Waals surface area (Å²) < 4.78 is 24.2. The Morgan fingerprint density at radius 2 is 2.10 bits per heavy atom. The van der Waals surface area contributed by atoms with E-state index in [4.69, 9.17) is 9.26 Å². The molecule has 4 rings (SSSR count). The van der Waals surface area contributed by atoms with Crippen LogP contribution < -0.4 is 9.64 Å². The zero-order valence-electron chi connectivity index (χ0n) is 16.6. The maximum Gasteiger partial charge on any atom is 0.343 e. The number of halogens is 1. The molecule has 0 saturated carbocycles. The monoisotopic (exact) mass is 403 g/mol. The maximum atomic E-state index is 13.8. The Hall–Kier alpha value is -2.61. The molecule has 1 aromatic heterocycles. The van der Waals surface area contributed by atoms with Crippen molar-refractivity contribution in [1.82, 2.24) is 10.1 Å². The predicted octanol–water partition coefficient (Wildman–Crippen LogP) is 3.50. The standard InChI is InChI=1S/C21H26FN3O4/c1-28-17-11-15(6-7-16(17)22)19-18(21(26)27)20(23-29-19)25-10-4-5-14(13-25)12-24-8-2-3-9-24/h6-7,11,14H,2-5,8-10,12-13H2,1H3,(H,26,27). The average molecular weight is 403 g/mol. The Morgan fingerprint density at radius 3 is 2.83 bits per heavy atom. The number of ether oxygens (including phenoxy) is 1. The van der Waals surface area contributed by atoms with Gasteiger partial charge in [-0.15, -0.1) is 0 Å². The fourth-order valence-electron chi connectivity index (χ4n) is 4.43. The molecule has 29 heavy (non-hydrogen) atoms. The molecule has 1 N–H and O–H groups in total. The number of carboxylic acid groups (broad SMARTS) is 1. The Labute approximate surface area is 169 Å². The summed E-state index contributed by atoms with van der Waals surface area (Å²) in [6.07, 6.45) is 4.64. The number of nitrogens with zero attached hydrogens (tertiary/aromatic N) is 3. The van der Waals surface area contributed by atoms with Crippen molar-refractivity contribution in [2.24, 2.45) is 5.92 Å². The highest BCUT2D eigenvalue weighted by Crippen LogP contribution is 2.35. The van der Waals surface area contributed by atoms with Gasteiger partial charge in [0.15, 0.2) is 28.7 Å². The molecule has 2 saturated heterocycles. The molecule has 7 nitrogen and oxygen atoms in total. The van der Waals surface area contributed by atoms with E-state index in [2.05, 4.69) is 10.1 Å². The smallest absolute Gasteiger partial charge is 0.343 e. The third kappa shape index (κ3) is 4.07. The van der Waals surface area contributed by atoms with E-state index in [9.17, 15) is 14.3 Å². The third-order valence-electron chi connectivity index (χ3n) is 5.83. The van der Waals surface area contributed by atoms with E-state index in [-0.39, 0.29) is 17.1 Å². The van der Waals surface area contributed by atoms with Gasteiger partial charge >= 0.3 is 5.97 Å². The van der Waals surface area contributed by atoms with E-state index in [0.717, 1.165) is 45.6 Å². The van der Waals surface area contributed by atoms with Crippen LogP contribution in [-0.4, -0.2) is 61.0 Å². The quantitative estimate of drug-likeness (QED) is 0.791. The van der Waals surface area contributed by atoms with E-state index in [1.807, 2.05) is 4.90 Å². The van der Waals surface area contributed by atoms with E-state index >= 15 is 0 Å². The van der Waals surface area contributed by atoms with Gasteiger partial charge in [-0.3, -0.25) is 0 Å². The number of likely N-dealkylation sites (tertiary alicyclic amines) is 1. The highest BCUT2D eigenvalue weighted by molar-refractivity contribution is 5.99. The summed E-state index contributed by atoms with van der Waals surface area (Å²) in [5, 5.41) is 14.0. The second kappa shape index (κ2) is 8.41. The van der Waals surface area contributed by atoms with Gasteiger partial charge in [-0.1, -0.05) is 5.16 Å². The summed E-state index contributed by atoms with van der Waals surface area (Å²) in [5.41, 5.74) is 0.436. The summed E-state index contributed by atoms with van der Waals surface area (Å²) in [6, 6.07) is 4.13. The number of carbonyl (C=O) groups is 1. The number of carboxylic acids is 1. The summed E-state index contributed by atoms with van der Waals surface area (Å²) in [5.74, 6) is -0.653. The Kier molecular flexibility index (Phi) is 5.71. The normalized spacial score (nSPS) is 20.2. The van der Waals surface area contributed by atoms with Crippen LogP contribution in [0.4, 0.5) is 10.2 Å². The number of hydrogen-bond acceptors (Lipinski definition) is 6. The number of aromatic nitrogens is 1. The molecular weight excluding hydrogens is 377 g/mol. The minimum atomic E-state index is -1.11. The van der Waals surface area contributed by atoms with E-state index in [1.165, 1.54) is 38.2 Å². The number of piperidine rings is 1. The van der Waals surface area contributed by atoms with E-state index in [0.29, 0.717) is 17.3 Å². The molecule has 0 radical (unpaired) electrons. The SMILES string of the molecule is COc1cc(-c2onc(N3CCCC(CN4CCCC4)C3)c2C(=O)O)ccc1F. The van der Waals surface area contributed by atoms with Gasteiger partial charge in [0.2, 0.25) is 0 Å². The lowest BCUT2D eigenvalue weighted by atomic mass is 9.97. The molecule has 1 atom stereocenters. The fraction of sp³-hybridized carbons (Fsp3) is 0.524. The largest absolute Gasteiger partial charge is 0.494 e. The number of anilines is 1. The van der Waals surface area contributed by atoms with Crippen LogP contribution >= 0.6 is 0 Å². The van der Waals surface area contributed by atoms with Crippen molar-refractivity contribution in [3.63, 3.8) is 0 Å². The van der Waals surface area contributed by atoms with Crippen molar-refractivity contribution in [2.75, 3.05) is 44.7 Å². The molecule has 2 fully saturated rings. The minimum absolute atomic E-state index is 0.0143. The lowest BCUT2D eigenvalue weighted by molar-refractivity contribution is 0.0697. The summed E-state index contributed by atoms with van der Waals surface area (Å²) in [6.45, 7) is 4.85. The van der Waals surface area contributed by atoms with E-state index in [1.54, 1.807) is 0 Å². The molecule has 2 aromatic rings. The fourth-order valence-corrected chi connectivity index (χ4v) is 4.43. The molecule has 0 aliphatic carbocycles. The van der Waals surface area contributed by atoms with Gasteiger partial charge in [-0.25, -0.2) is 9.18 Å². The van der Waals surface area contributed by atoms with Gasteiger partial charge < -0.3 is 24.2 Å². The number of methoxy groups -OCH3 is 1. The molecule has 156 valence electrons. The molecule has 0 bridgehead atoms. The zero-order chi connectivity index (χ0) is 20.4. The summed E-state index contributed by atoms with van der Waals surface area (Å²) >= 11 is 0. The first kappa shape index (κ1) is 19.7. The van der Waals surface area contributed by atoms with Crippen molar-refractivity contribution in [3.8, 4) is 17.1 Å². The number of aromatic carboxylic acids is 1. The zero-order valence-corrected chi connectivity index (χ0v) is 16.6. The molecule has 8 heteroatoms. The topological polar surface area (TPSA) is 79.0 Å². The number of benzene rings is 1. The van der Waals surface area contributed by atoms with Crippen LogP contribution in [-0.2, 0) is 0 Å². The molecule has 1 aromatic carbocycles. The summed E-state index contributed by atoms with van der Waals surface area (Å²) in [7, 11) is 1.36. The van der Waals surface area contributed by atoms with Gasteiger partial charge in [0.25, 0.3) is 0 Å². The molecule has 0 spiro atoms. The Morgan fingerprint density at radius 1 is 1.31 bits per heavy atom. The van der Waals surface area contributed by atoms with Crippen LogP contribution in [0, 0.1) is 11.7 Å². The summed E-state index contributed by atoms with van der Waals surface area (Å²) in [4.78, 5) is 16.6. The second-order valence-corrected chi connectivity index (χ2v) is 7.83. The van der Waals surface area contributed by atoms with Gasteiger partial charge in [0.1, 0.15) is 0 Å². The molecule has 2 aliphatic heterocycles. The lowest BCUT2D eigenvalue weighted by Gasteiger charge is -2.34. The van der Waals surface area contributed by atoms with Gasteiger partial charge in [-0.2, -0.15) is 0 Å². The van der Waals surface area contributed by atoms with E-state index < -0.39 is 11.8 Å². The van der Waals surface area contributed by atoms with Crippen LogP contribution in [0.2, 0.25) is 0 Å². The first-order valence-electron chi connectivity index (χ1n) is 10.1. The van der Waals surface area contributed by atoms with Crippen molar-refractivity contribution in [1.29, 1.82) is 0 Å². The highest BCUT2D eigenvalue weighted by atomic mass is 19.1. The molecule has 1 unspecified atom stereocenters. The first-order chi connectivity index (χ1) is 14.1. The van der Waals surface area contributed by atoms with Crippen LogP contribution in [0.15, 0.2) is 22.7 Å². The third-order valence-corrected chi connectivity index (χ3v) is 5.83. The van der Waals surface area contributed by atoms with Crippen LogP contribution in [0.3, 0.4) is 0 Å². The first-order valence-corrected chi connectivity index (χ1v) is 10.1. The maximum absolute atomic E-state index is 13.8. The predicted molar refractivity (Wildman–Crippen MR) is 106 cm³/mol. The molecule has 3 heterocycles. The Balaban J connectivity index is 1.60. The average Bonchev–Trinajstić information content (AvgIpc) is 3.38. The molecular formula is C21H26FN3O4. The van der Waals surface area contributed by atoms with Gasteiger partial charge in [0.05, 0.1) is 7.11 Å². The lowest BCUT2D eigenvalue weighted by Crippen LogP contribution is -2.41. The second-order valence-electron chi connectivity index (χ2n) is 7.83. The molecule has 2 aliphatic rings.